The average Bonchev–Trinajstić information content (AvgIpc) is 2.38. The van der Waals surface area contributed by atoms with E-state index in [0.29, 0.717) is 11.7 Å². The average molecular weight is 242 g/mol. The normalized spacial score (nSPS) is 12.1. The molecule has 2 heteroatoms. The van der Waals surface area contributed by atoms with Crippen LogP contribution in [0.3, 0.4) is 0 Å². The van der Waals surface area contributed by atoms with Crippen molar-refractivity contribution in [2.45, 2.75) is 26.2 Å². The molecule has 0 saturated heterocycles. The van der Waals surface area contributed by atoms with E-state index >= 15 is 0 Å². The van der Waals surface area contributed by atoms with Crippen molar-refractivity contribution in [3.63, 3.8) is 0 Å². The molecule has 18 heavy (non-hydrogen) atoms. The molecule has 2 aromatic rings. The van der Waals surface area contributed by atoms with Crippen molar-refractivity contribution in [2.24, 2.45) is 0 Å². The van der Waals surface area contributed by atoms with Gasteiger partial charge in [-0.15, -0.1) is 0 Å². The Kier molecular flexibility index (Phi) is 3.88. The molecular formula is C16H18O2. The van der Waals surface area contributed by atoms with Crippen molar-refractivity contribution in [3.05, 3.63) is 54.1 Å². The maximum Gasteiger partial charge on any atom is 0.131 e. The van der Waals surface area contributed by atoms with Gasteiger partial charge in [-0.05, 0) is 36.1 Å². The third kappa shape index (κ3) is 2.83. The van der Waals surface area contributed by atoms with Gasteiger partial charge in [0.05, 0.1) is 0 Å². The van der Waals surface area contributed by atoms with Crippen LogP contribution >= 0.6 is 0 Å². The lowest BCUT2D eigenvalue weighted by molar-refractivity contribution is 0.450. The Morgan fingerprint density at radius 3 is 2.61 bits per heavy atom. The zero-order valence-electron chi connectivity index (χ0n) is 10.8. The summed E-state index contributed by atoms with van der Waals surface area (Å²) >= 11 is 0. The lowest BCUT2D eigenvalue weighted by atomic mass is 9.98. The van der Waals surface area contributed by atoms with Crippen LogP contribution in [0, 0.1) is 0 Å². The highest BCUT2D eigenvalue weighted by Gasteiger charge is 2.10. The third-order valence-electron chi connectivity index (χ3n) is 3.11. The fraction of sp³-hybridized carbons (Fsp3) is 0.250. The molecule has 1 N–H and O–H groups in total. The van der Waals surface area contributed by atoms with Gasteiger partial charge in [0, 0.05) is 6.07 Å². The summed E-state index contributed by atoms with van der Waals surface area (Å²) in [5.41, 5.74) is 1.20. The zero-order chi connectivity index (χ0) is 13.0. The van der Waals surface area contributed by atoms with Gasteiger partial charge in [-0.1, -0.05) is 38.1 Å². The summed E-state index contributed by atoms with van der Waals surface area (Å²) in [4.78, 5) is 0. The first-order valence-corrected chi connectivity index (χ1v) is 6.26. The number of hydrogen-bond donors (Lipinski definition) is 1. The van der Waals surface area contributed by atoms with E-state index in [2.05, 4.69) is 19.9 Å². The van der Waals surface area contributed by atoms with Crippen molar-refractivity contribution in [1.82, 2.24) is 0 Å². The number of benzene rings is 2. The minimum absolute atomic E-state index is 0.216. The van der Waals surface area contributed by atoms with Crippen LogP contribution in [0.5, 0.6) is 17.2 Å². The highest BCUT2D eigenvalue weighted by atomic mass is 16.5. The first-order chi connectivity index (χ1) is 8.70. The van der Waals surface area contributed by atoms with E-state index in [4.69, 9.17) is 4.74 Å². The van der Waals surface area contributed by atoms with Gasteiger partial charge in [0.15, 0.2) is 0 Å². The van der Waals surface area contributed by atoms with Crippen molar-refractivity contribution in [3.8, 4) is 17.2 Å². The van der Waals surface area contributed by atoms with Gasteiger partial charge in [0.25, 0.3) is 0 Å². The summed E-state index contributed by atoms with van der Waals surface area (Å²) in [5, 5.41) is 9.44. The van der Waals surface area contributed by atoms with E-state index in [-0.39, 0.29) is 5.75 Å². The number of aromatic hydroxyl groups is 1. The van der Waals surface area contributed by atoms with Crippen LogP contribution in [-0.2, 0) is 0 Å². The van der Waals surface area contributed by atoms with Crippen LogP contribution in [0.2, 0.25) is 0 Å². The summed E-state index contributed by atoms with van der Waals surface area (Å²) in [7, 11) is 0. The van der Waals surface area contributed by atoms with Gasteiger partial charge in [0.1, 0.15) is 17.2 Å². The standard InChI is InChI=1S/C16H18O2/c1-3-12(2)15-9-4-5-10-16(15)18-14-8-6-7-13(17)11-14/h4-12,17H,3H2,1-2H3. The van der Waals surface area contributed by atoms with Crippen LogP contribution in [0.4, 0.5) is 0 Å². The smallest absolute Gasteiger partial charge is 0.131 e. The van der Waals surface area contributed by atoms with Crippen LogP contribution in [0.1, 0.15) is 31.7 Å². The molecule has 2 rings (SSSR count). The maximum atomic E-state index is 9.44. The van der Waals surface area contributed by atoms with E-state index in [9.17, 15) is 5.11 Å². The van der Waals surface area contributed by atoms with Gasteiger partial charge in [-0.3, -0.25) is 0 Å². The molecule has 0 aromatic heterocycles. The first kappa shape index (κ1) is 12.5. The Balaban J connectivity index is 2.29. The van der Waals surface area contributed by atoms with Crippen LogP contribution in [0.15, 0.2) is 48.5 Å². The van der Waals surface area contributed by atoms with E-state index in [1.165, 1.54) is 5.56 Å². The molecule has 0 radical (unpaired) electrons. The Labute approximate surface area is 108 Å². The number of phenolic OH excluding ortho intramolecular Hbond substituents is 1. The molecule has 2 nitrogen and oxygen atoms in total. The van der Waals surface area contributed by atoms with Gasteiger partial charge in [-0.25, -0.2) is 0 Å². The fourth-order valence-corrected chi connectivity index (χ4v) is 1.87. The Hall–Kier alpha value is -1.96. The molecule has 2 aromatic carbocycles. The molecule has 0 amide bonds. The second-order valence-electron chi connectivity index (χ2n) is 4.45. The van der Waals surface area contributed by atoms with E-state index in [1.54, 1.807) is 18.2 Å². The summed E-state index contributed by atoms with van der Waals surface area (Å²) < 4.78 is 5.85. The second-order valence-corrected chi connectivity index (χ2v) is 4.45. The van der Waals surface area contributed by atoms with Crippen molar-refractivity contribution < 1.29 is 9.84 Å². The highest BCUT2D eigenvalue weighted by Crippen LogP contribution is 2.32. The minimum Gasteiger partial charge on any atom is -0.508 e. The van der Waals surface area contributed by atoms with E-state index in [0.717, 1.165) is 12.2 Å². The molecule has 0 aliphatic rings. The minimum atomic E-state index is 0.216. The largest absolute Gasteiger partial charge is 0.508 e. The van der Waals surface area contributed by atoms with E-state index < -0.39 is 0 Å². The summed E-state index contributed by atoms with van der Waals surface area (Å²) in [6.45, 7) is 4.35. The third-order valence-corrected chi connectivity index (χ3v) is 3.11. The summed E-state index contributed by atoms with van der Waals surface area (Å²) in [6.07, 6.45) is 1.07. The first-order valence-electron chi connectivity index (χ1n) is 6.26. The summed E-state index contributed by atoms with van der Waals surface area (Å²) in [6, 6.07) is 14.9. The summed E-state index contributed by atoms with van der Waals surface area (Å²) in [5.74, 6) is 2.19. The molecule has 0 saturated carbocycles. The quantitative estimate of drug-likeness (QED) is 0.842. The molecule has 0 aliphatic carbocycles. The molecule has 0 aliphatic heterocycles. The number of rotatable bonds is 4. The number of ether oxygens (including phenoxy) is 1. The molecule has 0 heterocycles. The van der Waals surface area contributed by atoms with Gasteiger partial charge in [0.2, 0.25) is 0 Å². The maximum absolute atomic E-state index is 9.44. The highest BCUT2D eigenvalue weighted by molar-refractivity contribution is 5.41. The SMILES string of the molecule is CCC(C)c1ccccc1Oc1cccc(O)c1. The molecule has 1 atom stereocenters. The predicted octanol–water partition coefficient (Wildman–Crippen LogP) is 4.70. The van der Waals surface area contributed by atoms with Gasteiger partial charge >= 0.3 is 0 Å². The van der Waals surface area contributed by atoms with Crippen molar-refractivity contribution in [1.29, 1.82) is 0 Å². The Morgan fingerprint density at radius 1 is 1.11 bits per heavy atom. The molecule has 94 valence electrons. The van der Waals surface area contributed by atoms with Crippen LogP contribution in [-0.4, -0.2) is 5.11 Å². The van der Waals surface area contributed by atoms with Crippen molar-refractivity contribution >= 4 is 0 Å². The fourth-order valence-electron chi connectivity index (χ4n) is 1.87. The lowest BCUT2D eigenvalue weighted by Crippen LogP contribution is -1.95. The van der Waals surface area contributed by atoms with Crippen LogP contribution < -0.4 is 4.74 Å². The monoisotopic (exact) mass is 242 g/mol. The molecule has 1 unspecified atom stereocenters. The predicted molar refractivity (Wildman–Crippen MR) is 73.3 cm³/mol. The number of para-hydroxylation sites is 1. The molecule has 0 bridgehead atoms. The van der Waals surface area contributed by atoms with Crippen molar-refractivity contribution in [2.75, 3.05) is 0 Å². The second kappa shape index (κ2) is 5.58. The zero-order valence-corrected chi connectivity index (χ0v) is 10.8. The number of hydrogen-bond acceptors (Lipinski definition) is 2. The van der Waals surface area contributed by atoms with E-state index in [1.807, 2.05) is 24.3 Å². The lowest BCUT2D eigenvalue weighted by Gasteiger charge is -2.15. The van der Waals surface area contributed by atoms with Crippen LogP contribution in [0.25, 0.3) is 0 Å². The molecule has 0 fully saturated rings. The van der Waals surface area contributed by atoms with Gasteiger partial charge < -0.3 is 9.84 Å². The topological polar surface area (TPSA) is 29.5 Å². The Bertz CT molecular complexity index is 520. The molecular weight excluding hydrogens is 224 g/mol. The molecule has 0 spiro atoms. The van der Waals surface area contributed by atoms with Gasteiger partial charge in [-0.2, -0.15) is 0 Å². The Morgan fingerprint density at radius 2 is 1.89 bits per heavy atom. The number of phenols is 1.